The maximum absolute atomic E-state index is 5.46. The van der Waals surface area contributed by atoms with Crippen LogP contribution in [-0.2, 0) is 4.74 Å². The molecule has 4 heteroatoms. The van der Waals surface area contributed by atoms with E-state index in [-0.39, 0.29) is 0 Å². The molecule has 1 saturated heterocycles. The van der Waals surface area contributed by atoms with Crippen LogP contribution in [0.2, 0.25) is 0 Å². The van der Waals surface area contributed by atoms with Gasteiger partial charge in [-0.1, -0.05) is 6.92 Å². The number of ether oxygens (including phenoxy) is 1. The molecule has 1 aromatic rings. The number of nitrogens with one attached hydrogen (secondary N) is 1. The van der Waals surface area contributed by atoms with Crippen LogP contribution in [0.3, 0.4) is 0 Å². The highest BCUT2D eigenvalue weighted by molar-refractivity contribution is 5.28. The molecule has 1 fully saturated rings. The van der Waals surface area contributed by atoms with E-state index < -0.39 is 0 Å². The average Bonchev–Trinajstić information content (AvgIpc) is 2.94. The first-order valence-electron chi connectivity index (χ1n) is 7.01. The fraction of sp³-hybridized carbons (Fsp3) is 0.786. The van der Waals surface area contributed by atoms with E-state index in [0.717, 1.165) is 38.3 Å². The van der Waals surface area contributed by atoms with E-state index >= 15 is 0 Å². The van der Waals surface area contributed by atoms with Crippen molar-refractivity contribution in [3.63, 3.8) is 0 Å². The number of rotatable bonds is 5. The van der Waals surface area contributed by atoms with Gasteiger partial charge in [0, 0.05) is 23.9 Å². The number of aromatic nitrogens is 2. The summed E-state index contributed by atoms with van der Waals surface area (Å²) in [7, 11) is 0. The van der Waals surface area contributed by atoms with Crippen LogP contribution in [0.1, 0.15) is 55.7 Å². The molecule has 1 aliphatic rings. The Morgan fingerprint density at radius 3 is 2.89 bits per heavy atom. The topological polar surface area (TPSA) is 39.1 Å². The van der Waals surface area contributed by atoms with Gasteiger partial charge >= 0.3 is 0 Å². The van der Waals surface area contributed by atoms with Crippen LogP contribution in [0.25, 0.3) is 0 Å². The van der Waals surface area contributed by atoms with Crippen molar-refractivity contribution in [2.24, 2.45) is 0 Å². The van der Waals surface area contributed by atoms with Crippen molar-refractivity contribution in [3.05, 3.63) is 17.0 Å². The summed E-state index contributed by atoms with van der Waals surface area (Å²) in [6, 6.07) is 0.803. The zero-order valence-corrected chi connectivity index (χ0v) is 12.0. The van der Waals surface area contributed by atoms with E-state index in [4.69, 9.17) is 9.84 Å². The normalized spacial score (nSPS) is 21.4. The molecule has 2 atom stereocenters. The molecule has 0 bridgehead atoms. The van der Waals surface area contributed by atoms with Gasteiger partial charge in [-0.05, 0) is 40.2 Å². The van der Waals surface area contributed by atoms with Gasteiger partial charge < -0.3 is 10.1 Å². The first-order valence-corrected chi connectivity index (χ1v) is 7.01. The Morgan fingerprint density at radius 2 is 2.28 bits per heavy atom. The molecule has 0 radical (unpaired) electrons. The zero-order valence-electron chi connectivity index (χ0n) is 12.0. The largest absolute Gasteiger partial charge is 0.379 e. The summed E-state index contributed by atoms with van der Waals surface area (Å²) in [6.07, 6.45) is 2.24. The highest BCUT2D eigenvalue weighted by Gasteiger charge is 2.24. The van der Waals surface area contributed by atoms with E-state index in [2.05, 4.69) is 37.7 Å². The predicted octanol–water partition coefficient (Wildman–Crippen LogP) is 2.52. The van der Waals surface area contributed by atoms with Crippen LogP contribution in [0.5, 0.6) is 0 Å². The van der Waals surface area contributed by atoms with Crippen LogP contribution in [0.15, 0.2) is 0 Å². The predicted molar refractivity (Wildman–Crippen MR) is 72.9 cm³/mol. The Kier molecular flexibility index (Phi) is 4.40. The fourth-order valence-corrected chi connectivity index (χ4v) is 2.84. The smallest absolute Gasteiger partial charge is 0.0777 e. The molecular weight excluding hydrogens is 226 g/mol. The Hall–Kier alpha value is -0.870. The minimum absolute atomic E-state index is 0.376. The van der Waals surface area contributed by atoms with E-state index in [0.29, 0.717) is 12.1 Å². The van der Waals surface area contributed by atoms with Crippen LogP contribution >= 0.6 is 0 Å². The first-order chi connectivity index (χ1) is 8.65. The van der Waals surface area contributed by atoms with Gasteiger partial charge in [-0.3, -0.25) is 4.68 Å². The quantitative estimate of drug-likeness (QED) is 0.874. The zero-order chi connectivity index (χ0) is 13.1. The molecule has 0 aromatic carbocycles. The van der Waals surface area contributed by atoms with Gasteiger partial charge in [-0.15, -0.1) is 0 Å². The summed E-state index contributed by atoms with van der Waals surface area (Å²) < 4.78 is 7.63. The molecule has 18 heavy (non-hydrogen) atoms. The average molecular weight is 251 g/mol. The second-order valence-electron chi connectivity index (χ2n) is 5.22. The lowest BCUT2D eigenvalue weighted by Crippen LogP contribution is -2.20. The van der Waals surface area contributed by atoms with E-state index in [1.807, 2.05) is 0 Å². The van der Waals surface area contributed by atoms with Crippen molar-refractivity contribution in [1.29, 1.82) is 0 Å². The summed E-state index contributed by atoms with van der Waals surface area (Å²) in [4.78, 5) is 0. The molecule has 1 aliphatic heterocycles. The third kappa shape index (κ3) is 2.59. The van der Waals surface area contributed by atoms with Crippen molar-refractivity contribution < 1.29 is 4.74 Å². The first kappa shape index (κ1) is 13.6. The minimum atomic E-state index is 0.376. The number of aryl methyl sites for hydroxylation is 1. The van der Waals surface area contributed by atoms with Gasteiger partial charge in [0.2, 0.25) is 0 Å². The van der Waals surface area contributed by atoms with Crippen LogP contribution in [-0.4, -0.2) is 29.5 Å². The molecule has 102 valence electrons. The number of nitrogens with zero attached hydrogens (tertiary/aromatic N) is 2. The van der Waals surface area contributed by atoms with Gasteiger partial charge in [-0.2, -0.15) is 5.10 Å². The Morgan fingerprint density at radius 1 is 1.50 bits per heavy atom. The van der Waals surface area contributed by atoms with Crippen molar-refractivity contribution in [2.75, 3.05) is 19.8 Å². The monoisotopic (exact) mass is 251 g/mol. The molecule has 0 spiro atoms. The van der Waals surface area contributed by atoms with Gasteiger partial charge in [0.1, 0.15) is 0 Å². The van der Waals surface area contributed by atoms with E-state index in [1.165, 1.54) is 11.3 Å². The summed E-state index contributed by atoms with van der Waals surface area (Å²) in [5.74, 6) is 0. The molecule has 0 saturated carbocycles. The molecule has 0 amide bonds. The second kappa shape index (κ2) is 5.85. The maximum atomic E-state index is 5.46. The van der Waals surface area contributed by atoms with Crippen molar-refractivity contribution >= 4 is 0 Å². The molecule has 2 unspecified atom stereocenters. The van der Waals surface area contributed by atoms with Crippen LogP contribution in [0, 0.1) is 13.8 Å². The minimum Gasteiger partial charge on any atom is -0.379 e. The maximum Gasteiger partial charge on any atom is 0.0777 e. The van der Waals surface area contributed by atoms with Gasteiger partial charge in [0.15, 0.2) is 0 Å². The van der Waals surface area contributed by atoms with Crippen molar-refractivity contribution in [3.8, 4) is 0 Å². The third-order valence-corrected chi connectivity index (χ3v) is 3.77. The van der Waals surface area contributed by atoms with Gasteiger partial charge in [0.25, 0.3) is 0 Å². The number of hydrogen-bond donors (Lipinski definition) is 1. The summed E-state index contributed by atoms with van der Waals surface area (Å²) in [5, 5.41) is 8.27. The summed E-state index contributed by atoms with van der Waals surface area (Å²) in [5.41, 5.74) is 3.80. The SMILES string of the molecule is CCCNC(C)c1c(C)nn(C2CCOC2)c1C. The van der Waals surface area contributed by atoms with Crippen LogP contribution < -0.4 is 5.32 Å². The Labute approximate surface area is 110 Å². The van der Waals surface area contributed by atoms with Gasteiger partial charge in [-0.25, -0.2) is 0 Å². The highest BCUT2D eigenvalue weighted by Crippen LogP contribution is 2.27. The van der Waals surface area contributed by atoms with E-state index in [9.17, 15) is 0 Å². The van der Waals surface area contributed by atoms with Gasteiger partial charge in [0.05, 0.1) is 18.3 Å². The molecular formula is C14H25N3O. The van der Waals surface area contributed by atoms with E-state index in [1.54, 1.807) is 0 Å². The highest BCUT2D eigenvalue weighted by atomic mass is 16.5. The lowest BCUT2D eigenvalue weighted by molar-refractivity contribution is 0.184. The third-order valence-electron chi connectivity index (χ3n) is 3.77. The molecule has 1 N–H and O–H groups in total. The molecule has 4 nitrogen and oxygen atoms in total. The molecule has 2 rings (SSSR count). The Bertz CT molecular complexity index is 394. The molecule has 0 aliphatic carbocycles. The molecule has 1 aromatic heterocycles. The number of hydrogen-bond acceptors (Lipinski definition) is 3. The Balaban J connectivity index is 2.20. The second-order valence-corrected chi connectivity index (χ2v) is 5.22. The van der Waals surface area contributed by atoms with Crippen molar-refractivity contribution in [1.82, 2.24) is 15.1 Å². The molecule has 2 heterocycles. The summed E-state index contributed by atoms with van der Waals surface area (Å²) >= 11 is 0. The lowest BCUT2D eigenvalue weighted by Gasteiger charge is -2.15. The standard InChI is InChI=1S/C14H25N3O/c1-5-7-15-10(2)14-11(3)16-17(12(14)4)13-6-8-18-9-13/h10,13,15H,5-9H2,1-4H3. The lowest BCUT2D eigenvalue weighted by atomic mass is 10.1. The van der Waals surface area contributed by atoms with Crippen LogP contribution in [0.4, 0.5) is 0 Å². The fourth-order valence-electron chi connectivity index (χ4n) is 2.84. The summed E-state index contributed by atoms with van der Waals surface area (Å²) in [6.45, 7) is 11.4. The van der Waals surface area contributed by atoms with Crippen molar-refractivity contribution in [2.45, 2.75) is 52.6 Å².